The summed E-state index contributed by atoms with van der Waals surface area (Å²) in [5.41, 5.74) is 3.03. The van der Waals surface area contributed by atoms with Crippen molar-refractivity contribution in [1.29, 1.82) is 0 Å². The van der Waals surface area contributed by atoms with E-state index in [1.54, 1.807) is 42.5 Å². The van der Waals surface area contributed by atoms with Crippen LogP contribution in [0.4, 0.5) is 5.69 Å². The van der Waals surface area contributed by atoms with E-state index in [4.69, 9.17) is 4.74 Å². The lowest BCUT2D eigenvalue weighted by atomic mass is 10.0. The van der Waals surface area contributed by atoms with Crippen LogP contribution in [0.25, 0.3) is 0 Å². The van der Waals surface area contributed by atoms with E-state index in [1.165, 1.54) is 17.0 Å². The molecule has 0 aliphatic heterocycles. The van der Waals surface area contributed by atoms with Crippen molar-refractivity contribution in [3.63, 3.8) is 0 Å². The number of carbonyl (C=O) groups is 2. The molecular formula is C41H43N3O5S. The van der Waals surface area contributed by atoms with E-state index in [0.717, 1.165) is 21.0 Å². The van der Waals surface area contributed by atoms with E-state index < -0.39 is 28.5 Å². The largest absolute Gasteiger partial charge is 0.457 e. The minimum atomic E-state index is -4.21. The SMILES string of the molecule is Cc1ccc(CN(C(=O)CN(c2ccc(Oc3ccccc3)cc2)S(=O)(=O)c2ccccc2)C(Cc2ccccc2)C(=O)NCC(C)C)cc1. The maximum atomic E-state index is 14.7. The van der Waals surface area contributed by atoms with Gasteiger partial charge in [-0.15, -0.1) is 0 Å². The van der Waals surface area contributed by atoms with Crippen LogP contribution in [0.2, 0.25) is 0 Å². The normalized spacial score (nSPS) is 11.8. The highest BCUT2D eigenvalue weighted by molar-refractivity contribution is 7.92. The molecule has 8 nitrogen and oxygen atoms in total. The average molecular weight is 690 g/mol. The number of carbonyl (C=O) groups excluding carboxylic acids is 2. The predicted molar refractivity (Wildman–Crippen MR) is 197 cm³/mol. The highest BCUT2D eigenvalue weighted by Gasteiger charge is 2.34. The van der Waals surface area contributed by atoms with Gasteiger partial charge in [0.2, 0.25) is 11.8 Å². The van der Waals surface area contributed by atoms with Gasteiger partial charge in [-0.3, -0.25) is 13.9 Å². The molecule has 0 spiro atoms. The zero-order valence-electron chi connectivity index (χ0n) is 28.6. The molecule has 5 aromatic carbocycles. The summed E-state index contributed by atoms with van der Waals surface area (Å²) in [6.45, 7) is 5.99. The number of rotatable bonds is 15. The molecule has 1 unspecified atom stereocenters. The van der Waals surface area contributed by atoms with E-state index in [1.807, 2.05) is 106 Å². The van der Waals surface area contributed by atoms with E-state index >= 15 is 0 Å². The number of amides is 2. The van der Waals surface area contributed by atoms with Gasteiger partial charge in [0.15, 0.2) is 0 Å². The summed E-state index contributed by atoms with van der Waals surface area (Å²) in [6.07, 6.45) is 0.249. The number of nitrogens with one attached hydrogen (secondary N) is 1. The van der Waals surface area contributed by atoms with Gasteiger partial charge in [0, 0.05) is 19.5 Å². The minimum Gasteiger partial charge on any atom is -0.457 e. The maximum Gasteiger partial charge on any atom is 0.264 e. The van der Waals surface area contributed by atoms with Gasteiger partial charge in [0.1, 0.15) is 24.1 Å². The van der Waals surface area contributed by atoms with Gasteiger partial charge >= 0.3 is 0 Å². The zero-order valence-corrected chi connectivity index (χ0v) is 29.4. The predicted octanol–water partition coefficient (Wildman–Crippen LogP) is 7.39. The first-order valence-electron chi connectivity index (χ1n) is 16.7. The Morgan fingerprint density at radius 3 is 1.86 bits per heavy atom. The molecule has 1 N–H and O–H groups in total. The monoisotopic (exact) mass is 689 g/mol. The van der Waals surface area contributed by atoms with Gasteiger partial charge in [-0.1, -0.05) is 110 Å². The van der Waals surface area contributed by atoms with Gasteiger partial charge in [-0.05, 0) is 72.5 Å². The molecule has 0 saturated heterocycles. The highest BCUT2D eigenvalue weighted by Crippen LogP contribution is 2.29. The summed E-state index contributed by atoms with van der Waals surface area (Å²) in [5, 5.41) is 3.02. The highest BCUT2D eigenvalue weighted by atomic mass is 32.2. The van der Waals surface area contributed by atoms with Crippen LogP contribution in [0.5, 0.6) is 11.5 Å². The Balaban J connectivity index is 1.54. The van der Waals surface area contributed by atoms with Crippen LogP contribution in [0.1, 0.15) is 30.5 Å². The Kier molecular flexibility index (Phi) is 12.1. The smallest absolute Gasteiger partial charge is 0.264 e. The van der Waals surface area contributed by atoms with E-state index in [9.17, 15) is 18.0 Å². The van der Waals surface area contributed by atoms with Gasteiger partial charge in [0.05, 0.1) is 10.6 Å². The number of nitrogens with zero attached hydrogens (tertiary/aromatic N) is 2. The van der Waals surface area contributed by atoms with Crippen molar-refractivity contribution in [3.8, 4) is 11.5 Å². The second-order valence-electron chi connectivity index (χ2n) is 12.6. The second-order valence-corrected chi connectivity index (χ2v) is 14.4. The Morgan fingerprint density at radius 1 is 0.700 bits per heavy atom. The summed E-state index contributed by atoms with van der Waals surface area (Å²) >= 11 is 0. The summed E-state index contributed by atoms with van der Waals surface area (Å²) in [7, 11) is -4.21. The van der Waals surface area contributed by atoms with Crippen LogP contribution in [-0.2, 0) is 32.6 Å². The fourth-order valence-corrected chi connectivity index (χ4v) is 6.86. The number of aryl methyl sites for hydroxylation is 1. The molecule has 0 aliphatic rings. The standard InChI is InChI=1S/C41H43N3O5S/c1-31(2)28-42-41(46)39(27-33-13-7-4-8-14-33)43(29-34-21-19-32(3)20-22-34)40(45)30-44(50(47,48)38-17-11-6-12-18-38)35-23-25-37(26-24-35)49-36-15-9-5-10-16-36/h4-26,31,39H,27-30H2,1-3H3,(H,42,46). The van der Waals surface area contributed by atoms with E-state index in [-0.39, 0.29) is 35.4 Å². The third-order valence-electron chi connectivity index (χ3n) is 8.14. The fraction of sp³-hybridized carbons (Fsp3) is 0.220. The molecule has 5 aromatic rings. The number of hydrogen-bond acceptors (Lipinski definition) is 5. The number of para-hydroxylation sites is 1. The molecule has 0 radical (unpaired) electrons. The molecule has 50 heavy (non-hydrogen) atoms. The number of hydrogen-bond donors (Lipinski definition) is 1. The molecule has 0 saturated carbocycles. The number of sulfonamides is 1. The molecule has 0 bridgehead atoms. The average Bonchev–Trinajstić information content (AvgIpc) is 3.13. The lowest BCUT2D eigenvalue weighted by Gasteiger charge is -2.34. The van der Waals surface area contributed by atoms with Crippen molar-refractivity contribution in [2.75, 3.05) is 17.4 Å². The maximum absolute atomic E-state index is 14.7. The van der Waals surface area contributed by atoms with Crippen molar-refractivity contribution in [2.45, 2.75) is 44.7 Å². The molecule has 0 heterocycles. The van der Waals surface area contributed by atoms with Gasteiger partial charge in [-0.2, -0.15) is 0 Å². The van der Waals surface area contributed by atoms with Crippen LogP contribution in [0.3, 0.4) is 0 Å². The molecule has 0 aliphatic carbocycles. The van der Waals surface area contributed by atoms with E-state index in [2.05, 4.69) is 5.32 Å². The third kappa shape index (κ3) is 9.60. The lowest BCUT2D eigenvalue weighted by Crippen LogP contribution is -2.53. The zero-order chi connectivity index (χ0) is 35.5. The van der Waals surface area contributed by atoms with Crippen molar-refractivity contribution in [3.05, 3.63) is 156 Å². The van der Waals surface area contributed by atoms with Gasteiger partial charge in [0.25, 0.3) is 10.0 Å². The van der Waals surface area contributed by atoms with Crippen molar-refractivity contribution in [2.24, 2.45) is 5.92 Å². The summed E-state index contributed by atoms with van der Waals surface area (Å²) < 4.78 is 35.6. The third-order valence-corrected chi connectivity index (χ3v) is 9.93. The minimum absolute atomic E-state index is 0.0398. The first-order chi connectivity index (χ1) is 24.1. The molecule has 1 atom stereocenters. The molecule has 9 heteroatoms. The van der Waals surface area contributed by atoms with Crippen LogP contribution in [-0.4, -0.2) is 44.3 Å². The number of anilines is 1. The quantitative estimate of drug-likeness (QED) is 0.124. The molecule has 0 fully saturated rings. The summed E-state index contributed by atoms with van der Waals surface area (Å²) in [4.78, 5) is 30.2. The Bertz CT molecular complexity index is 1940. The van der Waals surface area contributed by atoms with Crippen LogP contribution in [0, 0.1) is 12.8 Å². The second kappa shape index (κ2) is 16.8. The van der Waals surface area contributed by atoms with Crippen molar-refractivity contribution >= 4 is 27.5 Å². The van der Waals surface area contributed by atoms with Gasteiger partial charge < -0.3 is 15.0 Å². The Hall–Kier alpha value is -5.41. The summed E-state index contributed by atoms with van der Waals surface area (Å²) in [6, 6.07) is 40.2. The van der Waals surface area contributed by atoms with Crippen molar-refractivity contribution < 1.29 is 22.7 Å². The van der Waals surface area contributed by atoms with Crippen molar-refractivity contribution in [1.82, 2.24) is 10.2 Å². The fourth-order valence-electron chi connectivity index (χ4n) is 5.42. The first-order valence-corrected chi connectivity index (χ1v) is 18.1. The number of ether oxygens (including phenoxy) is 1. The number of benzene rings is 5. The van der Waals surface area contributed by atoms with Gasteiger partial charge in [-0.25, -0.2) is 8.42 Å². The summed E-state index contributed by atoms with van der Waals surface area (Å²) in [5.74, 6) is 0.515. The first kappa shape index (κ1) is 35.9. The molecular weight excluding hydrogens is 647 g/mol. The molecule has 5 rings (SSSR count). The molecule has 2 amide bonds. The topological polar surface area (TPSA) is 96.0 Å². The molecule has 0 aromatic heterocycles. The Labute approximate surface area is 295 Å². The van der Waals surface area contributed by atoms with E-state index in [0.29, 0.717) is 18.0 Å². The van der Waals surface area contributed by atoms with Crippen LogP contribution in [0.15, 0.2) is 144 Å². The molecule has 258 valence electrons. The van der Waals surface area contributed by atoms with Crippen LogP contribution >= 0.6 is 0 Å². The Morgan fingerprint density at radius 2 is 1.26 bits per heavy atom. The van der Waals surface area contributed by atoms with Crippen LogP contribution < -0.4 is 14.4 Å². The lowest BCUT2D eigenvalue weighted by molar-refractivity contribution is -0.140.